The van der Waals surface area contributed by atoms with Gasteiger partial charge in [-0.1, -0.05) is 0 Å². The van der Waals surface area contributed by atoms with Gasteiger partial charge in [-0.3, -0.25) is 0 Å². The maximum atomic E-state index is 11.8. The minimum absolute atomic E-state index is 0.0359. The topological polar surface area (TPSA) is 133 Å². The second-order valence-corrected chi connectivity index (χ2v) is 10.9. The molecule has 1 fully saturated rings. The summed E-state index contributed by atoms with van der Waals surface area (Å²) >= 11 is 0. The summed E-state index contributed by atoms with van der Waals surface area (Å²) in [5, 5.41) is 12.4. The molecule has 11 nitrogen and oxygen atoms in total. The Morgan fingerprint density at radius 2 is 1.97 bits per heavy atom. The number of imidazole rings is 1. The maximum Gasteiger partial charge on any atom is 0.192 e. The Labute approximate surface area is 196 Å². The van der Waals surface area contributed by atoms with E-state index in [1.165, 1.54) is 18.9 Å². The molecular formula is C22H25N9O2S. The van der Waals surface area contributed by atoms with Crippen molar-refractivity contribution in [3.05, 3.63) is 36.3 Å². The Balaban J connectivity index is 1.33. The van der Waals surface area contributed by atoms with Crippen molar-refractivity contribution in [1.82, 2.24) is 39.3 Å². The van der Waals surface area contributed by atoms with E-state index in [0.29, 0.717) is 29.6 Å². The number of aryl methyl sites for hydroxylation is 2. The molecule has 1 N–H and O–H groups in total. The molecule has 0 amide bonds. The fraction of sp³-hybridized carbons (Fsp3) is 0.455. The Morgan fingerprint density at radius 3 is 2.68 bits per heavy atom. The fourth-order valence-electron chi connectivity index (χ4n) is 4.60. The average molecular weight is 480 g/mol. The lowest BCUT2D eigenvalue weighted by atomic mass is 10.1. The highest BCUT2D eigenvalue weighted by atomic mass is 32.2. The van der Waals surface area contributed by atoms with Crippen molar-refractivity contribution in [2.24, 2.45) is 0 Å². The van der Waals surface area contributed by atoms with Crippen LogP contribution in [0.3, 0.4) is 0 Å². The number of fused-ring (bicyclic) bond motifs is 2. The van der Waals surface area contributed by atoms with Crippen LogP contribution in [-0.4, -0.2) is 60.0 Å². The number of rotatable bonds is 6. The summed E-state index contributed by atoms with van der Waals surface area (Å²) in [6.45, 7) is 3.47. The minimum atomic E-state index is -3.37. The summed E-state index contributed by atoms with van der Waals surface area (Å²) in [5.41, 5.74) is 2.13. The molecule has 1 atom stereocenters. The molecule has 5 heterocycles. The van der Waals surface area contributed by atoms with E-state index in [4.69, 9.17) is 4.98 Å². The predicted molar refractivity (Wildman–Crippen MR) is 125 cm³/mol. The lowest BCUT2D eigenvalue weighted by molar-refractivity contribution is 0.465. The van der Waals surface area contributed by atoms with Gasteiger partial charge in [0.25, 0.3) is 0 Å². The standard InChI is InChI=1S/C22H25N9O2S/c1-3-30-20(14-6-9-17(23-10-14)34(2,32)33)27-18-19(24-12-25-22(18)30)26-15-7-8-16-28-29-21(13-4-5-13)31(16)11-15/h6,9-10,12-13,15H,3-5,7-8,11H2,1-2H3,(H,24,25,26)/t15-/m0/s1. The Kier molecular flexibility index (Phi) is 4.87. The molecule has 0 saturated heterocycles. The van der Waals surface area contributed by atoms with Gasteiger partial charge in [0.15, 0.2) is 31.8 Å². The normalized spacial score (nSPS) is 18.2. The van der Waals surface area contributed by atoms with Gasteiger partial charge in [-0.05, 0) is 38.3 Å². The summed E-state index contributed by atoms with van der Waals surface area (Å²) in [4.78, 5) is 18.0. The van der Waals surface area contributed by atoms with Gasteiger partial charge in [-0.25, -0.2) is 28.4 Å². The average Bonchev–Trinajstić information content (AvgIpc) is 3.46. The molecule has 4 aromatic rings. The minimum Gasteiger partial charge on any atom is -0.364 e. The third kappa shape index (κ3) is 3.61. The third-order valence-corrected chi connectivity index (χ3v) is 7.48. The van der Waals surface area contributed by atoms with Gasteiger partial charge in [0.1, 0.15) is 23.8 Å². The van der Waals surface area contributed by atoms with Gasteiger partial charge in [0.05, 0.1) is 0 Å². The molecule has 0 aromatic carbocycles. The first-order valence-corrected chi connectivity index (χ1v) is 13.4. The second kappa shape index (κ2) is 7.83. The number of nitrogens with one attached hydrogen (secondary N) is 1. The van der Waals surface area contributed by atoms with E-state index in [0.717, 1.165) is 48.5 Å². The van der Waals surface area contributed by atoms with Crippen LogP contribution in [0.1, 0.15) is 43.8 Å². The first kappa shape index (κ1) is 21.1. The molecule has 1 aliphatic carbocycles. The van der Waals surface area contributed by atoms with Crippen LogP contribution in [0.2, 0.25) is 0 Å². The van der Waals surface area contributed by atoms with Gasteiger partial charge in [-0.2, -0.15) is 0 Å². The first-order chi connectivity index (χ1) is 16.4. The lowest BCUT2D eigenvalue weighted by Gasteiger charge is -2.25. The SMILES string of the molecule is CCn1c(-c2ccc(S(C)(=O)=O)nc2)nc2c(N[C@H]3CCc4nnc(C5CC5)n4C3)ncnc21. The highest BCUT2D eigenvalue weighted by Crippen LogP contribution is 2.40. The molecular weight excluding hydrogens is 454 g/mol. The number of sulfone groups is 1. The number of pyridine rings is 1. The van der Waals surface area contributed by atoms with Crippen LogP contribution < -0.4 is 5.32 Å². The van der Waals surface area contributed by atoms with E-state index in [1.807, 2.05) is 11.5 Å². The van der Waals surface area contributed by atoms with Crippen LogP contribution in [0.4, 0.5) is 5.82 Å². The summed E-state index contributed by atoms with van der Waals surface area (Å²) < 4.78 is 27.8. The van der Waals surface area contributed by atoms with E-state index < -0.39 is 9.84 Å². The van der Waals surface area contributed by atoms with Gasteiger partial charge < -0.3 is 14.5 Å². The summed E-state index contributed by atoms with van der Waals surface area (Å²) in [6, 6.07) is 3.42. The molecule has 1 saturated carbocycles. The Bertz CT molecular complexity index is 1490. The molecule has 176 valence electrons. The summed E-state index contributed by atoms with van der Waals surface area (Å²) in [7, 11) is -3.37. The van der Waals surface area contributed by atoms with Crippen molar-refractivity contribution in [2.75, 3.05) is 11.6 Å². The molecule has 4 aromatic heterocycles. The van der Waals surface area contributed by atoms with E-state index in [2.05, 4.69) is 35.0 Å². The second-order valence-electron chi connectivity index (χ2n) is 8.97. The van der Waals surface area contributed by atoms with Crippen molar-refractivity contribution < 1.29 is 8.42 Å². The van der Waals surface area contributed by atoms with E-state index >= 15 is 0 Å². The van der Waals surface area contributed by atoms with Gasteiger partial charge in [-0.15, -0.1) is 10.2 Å². The maximum absolute atomic E-state index is 11.8. The molecule has 0 radical (unpaired) electrons. The highest BCUT2D eigenvalue weighted by Gasteiger charge is 2.33. The van der Waals surface area contributed by atoms with Gasteiger partial charge >= 0.3 is 0 Å². The predicted octanol–water partition coefficient (Wildman–Crippen LogP) is 2.21. The van der Waals surface area contributed by atoms with Crippen molar-refractivity contribution in [3.63, 3.8) is 0 Å². The molecule has 2 aliphatic rings. The zero-order valence-electron chi connectivity index (χ0n) is 19.0. The molecule has 34 heavy (non-hydrogen) atoms. The van der Waals surface area contributed by atoms with Crippen molar-refractivity contribution in [3.8, 4) is 11.4 Å². The highest BCUT2D eigenvalue weighted by molar-refractivity contribution is 7.90. The van der Waals surface area contributed by atoms with Crippen molar-refractivity contribution in [1.29, 1.82) is 0 Å². The summed E-state index contributed by atoms with van der Waals surface area (Å²) in [5.74, 6) is 4.09. The molecule has 0 bridgehead atoms. The molecule has 6 rings (SSSR count). The van der Waals surface area contributed by atoms with Crippen LogP contribution >= 0.6 is 0 Å². The Morgan fingerprint density at radius 1 is 1.12 bits per heavy atom. The van der Waals surface area contributed by atoms with Gasteiger partial charge in [0, 0.05) is 49.5 Å². The van der Waals surface area contributed by atoms with Gasteiger partial charge in [0.2, 0.25) is 0 Å². The largest absolute Gasteiger partial charge is 0.364 e. The Hall–Kier alpha value is -3.41. The molecule has 12 heteroatoms. The van der Waals surface area contributed by atoms with Crippen LogP contribution in [0, 0.1) is 0 Å². The summed E-state index contributed by atoms with van der Waals surface area (Å²) in [6.07, 6.45) is 8.44. The van der Waals surface area contributed by atoms with Crippen molar-refractivity contribution >= 4 is 26.8 Å². The fourth-order valence-corrected chi connectivity index (χ4v) is 5.16. The zero-order valence-corrected chi connectivity index (χ0v) is 19.8. The molecule has 0 spiro atoms. The van der Waals surface area contributed by atoms with Crippen LogP contribution in [0.5, 0.6) is 0 Å². The number of nitrogens with zero attached hydrogens (tertiary/aromatic N) is 8. The van der Waals surface area contributed by atoms with Crippen molar-refractivity contribution in [2.45, 2.75) is 62.7 Å². The van der Waals surface area contributed by atoms with Crippen LogP contribution in [0.25, 0.3) is 22.6 Å². The van der Waals surface area contributed by atoms with E-state index in [9.17, 15) is 8.42 Å². The van der Waals surface area contributed by atoms with E-state index in [1.54, 1.807) is 18.6 Å². The monoisotopic (exact) mass is 479 g/mol. The number of anilines is 1. The smallest absolute Gasteiger partial charge is 0.192 e. The third-order valence-electron chi connectivity index (χ3n) is 6.48. The quantitative estimate of drug-likeness (QED) is 0.442. The lowest BCUT2D eigenvalue weighted by Crippen LogP contribution is -2.32. The van der Waals surface area contributed by atoms with E-state index in [-0.39, 0.29) is 11.1 Å². The molecule has 0 unspecified atom stereocenters. The molecule has 1 aliphatic heterocycles. The first-order valence-electron chi connectivity index (χ1n) is 11.5. The van der Waals surface area contributed by atoms with Crippen LogP contribution in [0.15, 0.2) is 29.7 Å². The number of hydrogen-bond donors (Lipinski definition) is 1. The number of aromatic nitrogens is 8. The zero-order chi connectivity index (χ0) is 23.4. The number of hydrogen-bond acceptors (Lipinski definition) is 9. The van der Waals surface area contributed by atoms with Crippen LogP contribution in [-0.2, 0) is 29.3 Å².